The van der Waals surface area contributed by atoms with Crippen LogP contribution in [0, 0.1) is 23.2 Å². The third kappa shape index (κ3) is 3.75. The summed E-state index contributed by atoms with van der Waals surface area (Å²) in [5.41, 5.74) is -0.849. The van der Waals surface area contributed by atoms with E-state index in [-0.39, 0.29) is 23.7 Å². The summed E-state index contributed by atoms with van der Waals surface area (Å²) in [4.78, 5) is 51.7. The van der Waals surface area contributed by atoms with Crippen LogP contribution in [0.15, 0.2) is 0 Å². The van der Waals surface area contributed by atoms with E-state index in [1.165, 1.54) is 4.90 Å². The van der Waals surface area contributed by atoms with Crippen LogP contribution in [0.25, 0.3) is 0 Å². The minimum Gasteiger partial charge on any atom is -0.454 e. The molecule has 3 aliphatic rings. The van der Waals surface area contributed by atoms with Gasteiger partial charge >= 0.3 is 5.97 Å². The molecule has 2 atom stereocenters. The molecule has 8 nitrogen and oxygen atoms in total. The monoisotopic (exact) mass is 389 g/mol. The van der Waals surface area contributed by atoms with E-state index < -0.39 is 30.6 Å². The summed E-state index contributed by atoms with van der Waals surface area (Å²) in [6.07, 6.45) is 7.22. The summed E-state index contributed by atoms with van der Waals surface area (Å²) in [6.45, 7) is -0.951. The normalized spacial score (nSPS) is 26.4. The molecule has 2 saturated carbocycles. The number of hydrogen-bond donors (Lipinski definition) is 0. The molecule has 152 valence electrons. The van der Waals surface area contributed by atoms with Crippen molar-refractivity contribution in [2.75, 3.05) is 20.2 Å². The van der Waals surface area contributed by atoms with Crippen molar-refractivity contribution in [1.29, 1.82) is 5.26 Å². The number of carbonyl (C=O) groups excluding carboxylic acids is 4. The fourth-order valence-corrected chi connectivity index (χ4v) is 4.70. The minimum absolute atomic E-state index is 0.305. The number of likely N-dealkylation sites (tertiary alicyclic amines) is 1. The first-order chi connectivity index (χ1) is 13.4. The van der Waals surface area contributed by atoms with E-state index in [1.807, 2.05) is 0 Å². The maximum Gasteiger partial charge on any atom is 0.326 e. The molecule has 8 heteroatoms. The van der Waals surface area contributed by atoms with Gasteiger partial charge in [0, 0.05) is 7.05 Å². The molecule has 0 unspecified atom stereocenters. The summed E-state index contributed by atoms with van der Waals surface area (Å²) in [7, 11) is 1.56. The van der Waals surface area contributed by atoms with Crippen molar-refractivity contribution in [2.45, 2.75) is 63.3 Å². The number of nitriles is 1. The summed E-state index contributed by atoms with van der Waals surface area (Å²) >= 11 is 0. The van der Waals surface area contributed by atoms with Crippen LogP contribution in [0.1, 0.15) is 57.8 Å². The SMILES string of the molecule is CN(C(=O)COC(=O)CN1C(=O)[C@H]2CCCC[C@H]2C1=O)C1(C#N)CCCCC1. The average Bonchev–Trinajstić information content (AvgIpc) is 2.97. The first kappa shape index (κ1) is 20.3. The number of ether oxygens (including phenoxy) is 1. The maximum absolute atomic E-state index is 12.4. The zero-order chi connectivity index (χ0) is 20.3. The number of rotatable bonds is 5. The Balaban J connectivity index is 1.53. The molecule has 1 aliphatic heterocycles. The van der Waals surface area contributed by atoms with Gasteiger partial charge in [-0.15, -0.1) is 0 Å². The van der Waals surface area contributed by atoms with E-state index in [0.29, 0.717) is 25.7 Å². The molecule has 0 aromatic carbocycles. The highest BCUT2D eigenvalue weighted by atomic mass is 16.5. The fraction of sp³-hybridized carbons (Fsp3) is 0.750. The van der Waals surface area contributed by atoms with E-state index in [2.05, 4.69) is 6.07 Å². The Hall–Kier alpha value is -2.43. The number of fused-ring (bicyclic) bond motifs is 1. The number of hydrogen-bond acceptors (Lipinski definition) is 6. The first-order valence-electron chi connectivity index (χ1n) is 10.1. The van der Waals surface area contributed by atoms with Crippen molar-refractivity contribution < 1.29 is 23.9 Å². The predicted molar refractivity (Wildman–Crippen MR) is 97.3 cm³/mol. The molecule has 28 heavy (non-hydrogen) atoms. The number of esters is 1. The van der Waals surface area contributed by atoms with Gasteiger partial charge in [-0.3, -0.25) is 24.1 Å². The van der Waals surface area contributed by atoms with Crippen LogP contribution in [0.4, 0.5) is 0 Å². The molecular formula is C20H27N3O5. The molecule has 2 aliphatic carbocycles. The van der Waals surface area contributed by atoms with Crippen LogP contribution in [-0.4, -0.2) is 59.2 Å². The molecule has 0 bridgehead atoms. The maximum atomic E-state index is 12.4. The topological polar surface area (TPSA) is 108 Å². The van der Waals surface area contributed by atoms with Crippen LogP contribution < -0.4 is 0 Å². The Morgan fingerprint density at radius 3 is 2.21 bits per heavy atom. The van der Waals surface area contributed by atoms with E-state index in [9.17, 15) is 24.4 Å². The zero-order valence-corrected chi connectivity index (χ0v) is 16.3. The number of amides is 3. The Kier molecular flexibility index (Phi) is 6.01. The van der Waals surface area contributed by atoms with Crippen molar-refractivity contribution >= 4 is 23.7 Å². The molecule has 0 aromatic heterocycles. The zero-order valence-electron chi connectivity index (χ0n) is 16.3. The van der Waals surface area contributed by atoms with Crippen molar-refractivity contribution in [1.82, 2.24) is 9.80 Å². The summed E-state index contributed by atoms with van der Waals surface area (Å²) in [5.74, 6) is -2.48. The van der Waals surface area contributed by atoms with E-state index in [1.54, 1.807) is 7.05 Å². The van der Waals surface area contributed by atoms with Crippen molar-refractivity contribution in [3.63, 3.8) is 0 Å². The van der Waals surface area contributed by atoms with Gasteiger partial charge in [-0.05, 0) is 25.7 Å². The molecule has 1 saturated heterocycles. The minimum atomic E-state index is -0.849. The van der Waals surface area contributed by atoms with Gasteiger partial charge in [-0.25, -0.2) is 0 Å². The van der Waals surface area contributed by atoms with Crippen LogP contribution in [0.3, 0.4) is 0 Å². The Morgan fingerprint density at radius 2 is 1.68 bits per heavy atom. The lowest BCUT2D eigenvalue weighted by atomic mass is 9.81. The number of likely N-dealkylation sites (N-methyl/N-ethyl adjacent to an activating group) is 1. The van der Waals surface area contributed by atoms with Gasteiger partial charge in [0.1, 0.15) is 12.1 Å². The molecule has 0 spiro atoms. The predicted octanol–water partition coefficient (Wildman–Crippen LogP) is 1.39. The van der Waals surface area contributed by atoms with Gasteiger partial charge in [0.15, 0.2) is 6.61 Å². The van der Waals surface area contributed by atoms with Gasteiger partial charge in [-0.1, -0.05) is 32.1 Å². The molecule has 1 heterocycles. The summed E-state index contributed by atoms with van der Waals surface area (Å²) in [5, 5.41) is 9.55. The van der Waals surface area contributed by atoms with Crippen LogP contribution in [-0.2, 0) is 23.9 Å². The Labute approximate surface area is 164 Å². The van der Waals surface area contributed by atoms with Crippen LogP contribution in [0.5, 0.6) is 0 Å². The lowest BCUT2D eigenvalue weighted by molar-refractivity contribution is -0.157. The fourth-order valence-electron chi connectivity index (χ4n) is 4.70. The number of nitrogens with zero attached hydrogens (tertiary/aromatic N) is 3. The van der Waals surface area contributed by atoms with Crippen molar-refractivity contribution in [3.8, 4) is 6.07 Å². The van der Waals surface area contributed by atoms with Crippen molar-refractivity contribution in [3.05, 3.63) is 0 Å². The van der Waals surface area contributed by atoms with E-state index >= 15 is 0 Å². The van der Waals surface area contributed by atoms with Gasteiger partial charge < -0.3 is 9.64 Å². The third-order valence-electron chi connectivity index (χ3n) is 6.48. The van der Waals surface area contributed by atoms with Crippen LogP contribution >= 0.6 is 0 Å². The molecular weight excluding hydrogens is 362 g/mol. The second kappa shape index (κ2) is 8.29. The lowest BCUT2D eigenvalue weighted by Crippen LogP contribution is -2.51. The highest BCUT2D eigenvalue weighted by molar-refractivity contribution is 6.07. The first-order valence-corrected chi connectivity index (χ1v) is 10.1. The number of imide groups is 1. The molecule has 3 amide bonds. The summed E-state index contributed by atoms with van der Waals surface area (Å²) in [6, 6.07) is 2.25. The van der Waals surface area contributed by atoms with Gasteiger partial charge in [0.2, 0.25) is 11.8 Å². The average molecular weight is 389 g/mol. The van der Waals surface area contributed by atoms with Gasteiger partial charge in [0.25, 0.3) is 5.91 Å². The number of carbonyl (C=O) groups is 4. The molecule has 3 rings (SSSR count). The largest absolute Gasteiger partial charge is 0.454 e. The molecule has 0 N–H and O–H groups in total. The molecule has 0 radical (unpaired) electrons. The van der Waals surface area contributed by atoms with Gasteiger partial charge in [0.05, 0.1) is 17.9 Å². The Bertz CT molecular complexity index is 683. The van der Waals surface area contributed by atoms with E-state index in [4.69, 9.17) is 4.74 Å². The smallest absolute Gasteiger partial charge is 0.326 e. The highest BCUT2D eigenvalue weighted by Gasteiger charge is 2.48. The third-order valence-corrected chi connectivity index (χ3v) is 6.48. The highest BCUT2D eigenvalue weighted by Crippen LogP contribution is 2.38. The second-order valence-corrected chi connectivity index (χ2v) is 8.08. The van der Waals surface area contributed by atoms with Gasteiger partial charge in [-0.2, -0.15) is 5.26 Å². The molecule has 3 fully saturated rings. The second-order valence-electron chi connectivity index (χ2n) is 8.08. The lowest BCUT2D eigenvalue weighted by Gasteiger charge is -2.38. The van der Waals surface area contributed by atoms with E-state index in [0.717, 1.165) is 37.0 Å². The summed E-state index contributed by atoms with van der Waals surface area (Å²) < 4.78 is 5.03. The Morgan fingerprint density at radius 1 is 1.11 bits per heavy atom. The standard InChI is InChI=1S/C20H27N3O5/c1-22(20(13-21)9-5-2-6-10-20)16(24)12-28-17(25)11-23-18(26)14-7-3-4-8-15(14)19(23)27/h14-15H,2-12H2,1H3/t14-,15+. The quantitative estimate of drug-likeness (QED) is 0.519. The molecule has 0 aromatic rings. The van der Waals surface area contributed by atoms with Crippen molar-refractivity contribution in [2.24, 2.45) is 11.8 Å². The van der Waals surface area contributed by atoms with Crippen LogP contribution in [0.2, 0.25) is 0 Å².